The van der Waals surface area contributed by atoms with Gasteiger partial charge in [0.15, 0.2) is 11.0 Å². The third kappa shape index (κ3) is 5.38. The van der Waals surface area contributed by atoms with Crippen molar-refractivity contribution in [1.82, 2.24) is 14.8 Å². The molecule has 8 nitrogen and oxygen atoms in total. The van der Waals surface area contributed by atoms with E-state index in [-0.39, 0.29) is 11.7 Å². The quantitative estimate of drug-likeness (QED) is 0.361. The Morgan fingerprint density at radius 2 is 1.91 bits per heavy atom. The number of aryl methyl sites for hydroxylation is 1. The molecule has 0 aliphatic rings. The second-order valence-corrected chi connectivity index (χ2v) is 8.18. The molecule has 33 heavy (non-hydrogen) atoms. The summed E-state index contributed by atoms with van der Waals surface area (Å²) in [6, 6.07) is 17.0. The smallest absolute Gasteiger partial charge is 0.234 e. The predicted octanol–water partition coefficient (Wildman–Crippen LogP) is 4.64. The van der Waals surface area contributed by atoms with Crippen LogP contribution in [0.4, 0.5) is 5.69 Å². The van der Waals surface area contributed by atoms with Crippen LogP contribution in [0.3, 0.4) is 0 Å². The number of hydrogen-bond acceptors (Lipinski definition) is 7. The molecule has 0 radical (unpaired) electrons. The Balaban J connectivity index is 1.53. The molecule has 1 amide bonds. The minimum atomic E-state index is -0.164. The van der Waals surface area contributed by atoms with Crippen molar-refractivity contribution >= 4 is 23.4 Å². The minimum absolute atomic E-state index is 0.163. The average molecular weight is 465 g/mol. The van der Waals surface area contributed by atoms with Gasteiger partial charge in [-0.15, -0.1) is 10.2 Å². The van der Waals surface area contributed by atoms with Crippen molar-refractivity contribution in [1.29, 1.82) is 0 Å². The lowest BCUT2D eigenvalue weighted by molar-refractivity contribution is -0.113. The van der Waals surface area contributed by atoms with E-state index in [0.29, 0.717) is 29.0 Å². The number of anilines is 1. The highest BCUT2D eigenvalue weighted by Crippen LogP contribution is 2.28. The summed E-state index contributed by atoms with van der Waals surface area (Å²) in [4.78, 5) is 12.7. The van der Waals surface area contributed by atoms with Crippen LogP contribution < -0.4 is 14.8 Å². The van der Waals surface area contributed by atoms with Gasteiger partial charge in [-0.25, -0.2) is 0 Å². The summed E-state index contributed by atoms with van der Waals surface area (Å²) in [5.74, 6) is 2.81. The van der Waals surface area contributed by atoms with Gasteiger partial charge in [0.05, 0.1) is 38.5 Å². The number of hydrogen-bond donors (Lipinski definition) is 1. The maximum atomic E-state index is 12.7. The van der Waals surface area contributed by atoms with E-state index in [1.807, 2.05) is 66.1 Å². The van der Waals surface area contributed by atoms with Gasteiger partial charge < -0.3 is 19.2 Å². The first-order valence-corrected chi connectivity index (χ1v) is 11.2. The fourth-order valence-electron chi connectivity index (χ4n) is 3.29. The maximum Gasteiger partial charge on any atom is 0.234 e. The highest BCUT2D eigenvalue weighted by molar-refractivity contribution is 7.99. The molecule has 0 unspecified atom stereocenters. The lowest BCUT2D eigenvalue weighted by Crippen LogP contribution is -2.15. The van der Waals surface area contributed by atoms with E-state index in [9.17, 15) is 4.79 Å². The van der Waals surface area contributed by atoms with Crippen molar-refractivity contribution < 1.29 is 18.7 Å². The molecular formula is C24H24N4O4S. The molecule has 1 N–H and O–H groups in total. The molecule has 0 spiro atoms. The zero-order valence-corrected chi connectivity index (χ0v) is 19.4. The topological polar surface area (TPSA) is 91.4 Å². The van der Waals surface area contributed by atoms with Crippen LogP contribution in [0.2, 0.25) is 0 Å². The lowest BCUT2D eigenvalue weighted by atomic mass is 10.2. The van der Waals surface area contributed by atoms with Crippen LogP contribution in [-0.2, 0) is 11.3 Å². The largest absolute Gasteiger partial charge is 0.497 e. The summed E-state index contributed by atoms with van der Waals surface area (Å²) in [5.41, 5.74) is 2.55. The van der Waals surface area contributed by atoms with Gasteiger partial charge in [-0.05, 0) is 61.0 Å². The van der Waals surface area contributed by atoms with Gasteiger partial charge in [-0.2, -0.15) is 0 Å². The van der Waals surface area contributed by atoms with Gasteiger partial charge in [0, 0.05) is 5.56 Å². The highest BCUT2D eigenvalue weighted by atomic mass is 32.2. The van der Waals surface area contributed by atoms with E-state index in [2.05, 4.69) is 15.5 Å². The fraction of sp³-hybridized carbons (Fsp3) is 0.208. The number of methoxy groups -OCH3 is 2. The van der Waals surface area contributed by atoms with Crippen LogP contribution in [0, 0.1) is 6.92 Å². The number of thioether (sulfide) groups is 1. The van der Waals surface area contributed by atoms with Gasteiger partial charge in [0.25, 0.3) is 0 Å². The average Bonchev–Trinajstić information content (AvgIpc) is 3.48. The van der Waals surface area contributed by atoms with Gasteiger partial charge in [-0.3, -0.25) is 9.36 Å². The molecule has 0 bridgehead atoms. The van der Waals surface area contributed by atoms with Crippen molar-refractivity contribution in [3.8, 4) is 22.9 Å². The van der Waals surface area contributed by atoms with E-state index >= 15 is 0 Å². The van der Waals surface area contributed by atoms with Crippen LogP contribution >= 0.6 is 11.8 Å². The Morgan fingerprint density at radius 3 is 2.61 bits per heavy atom. The minimum Gasteiger partial charge on any atom is -0.497 e. The van der Waals surface area contributed by atoms with E-state index in [1.165, 1.54) is 11.8 Å². The van der Waals surface area contributed by atoms with Crippen LogP contribution in [0.5, 0.6) is 11.5 Å². The molecule has 0 aliphatic carbocycles. The summed E-state index contributed by atoms with van der Waals surface area (Å²) in [6.07, 6.45) is 1.63. The molecule has 9 heteroatoms. The van der Waals surface area contributed by atoms with Crippen molar-refractivity contribution in [2.75, 3.05) is 25.3 Å². The monoisotopic (exact) mass is 464 g/mol. The van der Waals surface area contributed by atoms with Crippen LogP contribution in [0.15, 0.2) is 70.4 Å². The van der Waals surface area contributed by atoms with Gasteiger partial charge in [-0.1, -0.05) is 17.8 Å². The molecule has 2 aromatic heterocycles. The number of amides is 1. The van der Waals surface area contributed by atoms with Crippen LogP contribution in [0.25, 0.3) is 11.4 Å². The summed E-state index contributed by atoms with van der Waals surface area (Å²) in [6.45, 7) is 2.40. The van der Waals surface area contributed by atoms with Crippen molar-refractivity contribution in [3.05, 3.63) is 72.2 Å². The molecule has 2 heterocycles. The normalized spacial score (nSPS) is 10.8. The summed E-state index contributed by atoms with van der Waals surface area (Å²) >= 11 is 1.31. The number of benzene rings is 2. The number of ether oxygens (including phenoxy) is 2. The van der Waals surface area contributed by atoms with Crippen molar-refractivity contribution in [2.24, 2.45) is 0 Å². The molecule has 0 atom stereocenters. The Labute approximate surface area is 195 Å². The lowest BCUT2D eigenvalue weighted by Gasteiger charge is -2.11. The number of nitrogens with one attached hydrogen (secondary N) is 1. The second-order valence-electron chi connectivity index (χ2n) is 7.24. The van der Waals surface area contributed by atoms with E-state index in [0.717, 1.165) is 22.6 Å². The number of aromatic nitrogens is 3. The second kappa shape index (κ2) is 10.3. The summed E-state index contributed by atoms with van der Waals surface area (Å²) < 4.78 is 18.1. The SMILES string of the molecule is COc1ccc(-c2nnc(SCC(=O)Nc3cc(C)ccc3OC)n2Cc2ccco2)cc1. The number of carbonyl (C=O) groups excluding carboxylic acids is 1. The number of furan rings is 1. The van der Waals surface area contributed by atoms with Crippen LogP contribution in [-0.4, -0.2) is 40.6 Å². The molecule has 4 rings (SSSR count). The first kappa shape index (κ1) is 22.5. The van der Waals surface area contributed by atoms with E-state index < -0.39 is 0 Å². The Hall–Kier alpha value is -3.72. The molecular weight excluding hydrogens is 440 g/mol. The Kier molecular flexibility index (Phi) is 6.99. The van der Waals surface area contributed by atoms with E-state index in [4.69, 9.17) is 13.9 Å². The first-order chi connectivity index (χ1) is 16.1. The number of rotatable bonds is 9. The molecule has 2 aromatic carbocycles. The van der Waals surface area contributed by atoms with Crippen molar-refractivity contribution in [2.45, 2.75) is 18.6 Å². The van der Waals surface area contributed by atoms with Gasteiger partial charge in [0.2, 0.25) is 5.91 Å². The van der Waals surface area contributed by atoms with E-state index in [1.54, 1.807) is 20.5 Å². The third-order valence-corrected chi connectivity index (χ3v) is 5.89. The first-order valence-electron chi connectivity index (χ1n) is 10.2. The molecule has 4 aromatic rings. The van der Waals surface area contributed by atoms with Crippen molar-refractivity contribution in [3.63, 3.8) is 0 Å². The standard InChI is InChI=1S/C24H24N4O4S/c1-16-6-11-21(31-3)20(13-16)25-22(29)15-33-24-27-26-23(17-7-9-18(30-2)10-8-17)28(24)14-19-5-4-12-32-19/h4-13H,14-15H2,1-3H3,(H,25,29). The predicted molar refractivity (Wildman–Crippen MR) is 127 cm³/mol. The molecule has 0 aliphatic heterocycles. The van der Waals surface area contributed by atoms with Gasteiger partial charge in [0.1, 0.15) is 17.3 Å². The fourth-order valence-corrected chi connectivity index (χ4v) is 4.02. The maximum absolute atomic E-state index is 12.7. The molecule has 0 saturated heterocycles. The molecule has 0 fully saturated rings. The zero-order valence-electron chi connectivity index (χ0n) is 18.6. The zero-order chi connectivity index (χ0) is 23.2. The summed E-state index contributed by atoms with van der Waals surface area (Å²) in [5, 5.41) is 12.3. The Bertz CT molecular complexity index is 1220. The number of nitrogens with zero attached hydrogens (tertiary/aromatic N) is 3. The Morgan fingerprint density at radius 1 is 1.09 bits per heavy atom. The highest BCUT2D eigenvalue weighted by Gasteiger charge is 2.18. The van der Waals surface area contributed by atoms with Crippen LogP contribution in [0.1, 0.15) is 11.3 Å². The molecule has 0 saturated carbocycles. The molecule has 170 valence electrons. The summed E-state index contributed by atoms with van der Waals surface area (Å²) in [7, 11) is 3.20. The third-order valence-electron chi connectivity index (χ3n) is 4.92. The number of carbonyl (C=O) groups is 1. The van der Waals surface area contributed by atoms with Gasteiger partial charge >= 0.3 is 0 Å².